The Morgan fingerprint density at radius 3 is 3.06 bits per heavy atom. The van der Waals surface area contributed by atoms with Crippen LogP contribution >= 0.6 is 0 Å². The number of rotatable bonds is 1. The molecule has 0 aromatic heterocycles. The first kappa shape index (κ1) is 11.5. The highest BCUT2D eigenvalue weighted by molar-refractivity contribution is 5.97. The molecule has 1 aromatic rings. The molecule has 0 bridgehead atoms. The molecular weight excluding hydrogens is 228 g/mol. The van der Waals surface area contributed by atoms with Gasteiger partial charge in [-0.3, -0.25) is 4.79 Å². The summed E-state index contributed by atoms with van der Waals surface area (Å²) in [6.07, 6.45) is 3.71. The summed E-state index contributed by atoms with van der Waals surface area (Å²) >= 11 is 0. The van der Waals surface area contributed by atoms with Crippen LogP contribution in [0.3, 0.4) is 0 Å². The zero-order valence-corrected chi connectivity index (χ0v) is 10.6. The Bertz CT molecular complexity index is 467. The monoisotopic (exact) mass is 246 g/mol. The van der Waals surface area contributed by atoms with E-state index in [4.69, 9.17) is 4.74 Å². The van der Waals surface area contributed by atoms with Gasteiger partial charge in [-0.15, -0.1) is 0 Å². The minimum Gasteiger partial charge on any atom is -0.482 e. The highest BCUT2D eigenvalue weighted by Crippen LogP contribution is 2.35. The molecule has 1 amide bonds. The summed E-state index contributed by atoms with van der Waals surface area (Å²) in [6.45, 7) is 1.23. The van der Waals surface area contributed by atoms with Gasteiger partial charge in [0.1, 0.15) is 5.75 Å². The quantitative estimate of drug-likeness (QED) is 0.822. The van der Waals surface area contributed by atoms with Gasteiger partial charge in [-0.1, -0.05) is 12.5 Å². The van der Waals surface area contributed by atoms with Gasteiger partial charge in [0.25, 0.3) is 5.91 Å². The third-order valence-corrected chi connectivity index (χ3v) is 3.78. The van der Waals surface area contributed by atoms with Crippen molar-refractivity contribution < 1.29 is 9.53 Å². The number of benzene rings is 1. The SMILES string of the molecule is CN1C(=O)COc2cc(C3CCCCN3)ccc21. The van der Waals surface area contributed by atoms with Crippen molar-refractivity contribution in [1.29, 1.82) is 0 Å². The fraction of sp³-hybridized carbons (Fsp3) is 0.500. The molecule has 18 heavy (non-hydrogen) atoms. The summed E-state index contributed by atoms with van der Waals surface area (Å²) in [6, 6.07) is 6.58. The lowest BCUT2D eigenvalue weighted by Crippen LogP contribution is -2.35. The summed E-state index contributed by atoms with van der Waals surface area (Å²) in [5, 5.41) is 3.53. The molecule has 0 spiro atoms. The van der Waals surface area contributed by atoms with Crippen LogP contribution in [0.4, 0.5) is 5.69 Å². The Balaban J connectivity index is 1.89. The minimum absolute atomic E-state index is 0.00559. The van der Waals surface area contributed by atoms with E-state index in [0.29, 0.717) is 6.04 Å². The molecule has 0 saturated carbocycles. The van der Waals surface area contributed by atoms with E-state index in [2.05, 4.69) is 17.4 Å². The van der Waals surface area contributed by atoms with Crippen LogP contribution in [0, 0.1) is 0 Å². The van der Waals surface area contributed by atoms with Crippen LogP contribution in [0.2, 0.25) is 0 Å². The standard InChI is InChI=1S/C14H18N2O2/c1-16-12-6-5-10(11-4-2-3-7-15-11)8-13(12)18-9-14(16)17/h5-6,8,11,15H,2-4,7,9H2,1H3. The fourth-order valence-corrected chi connectivity index (χ4v) is 2.65. The second-order valence-corrected chi connectivity index (χ2v) is 4.97. The number of hydrogen-bond donors (Lipinski definition) is 1. The summed E-state index contributed by atoms with van der Waals surface area (Å²) in [5.74, 6) is 0.827. The van der Waals surface area contributed by atoms with Crippen LogP contribution < -0.4 is 15.0 Å². The first-order chi connectivity index (χ1) is 8.75. The molecule has 2 heterocycles. The first-order valence-electron chi connectivity index (χ1n) is 6.52. The number of anilines is 1. The molecule has 96 valence electrons. The third kappa shape index (κ3) is 1.97. The van der Waals surface area contributed by atoms with Gasteiger partial charge in [0, 0.05) is 13.1 Å². The van der Waals surface area contributed by atoms with Gasteiger partial charge in [-0.25, -0.2) is 0 Å². The molecule has 1 aromatic carbocycles. The molecule has 1 unspecified atom stereocenters. The van der Waals surface area contributed by atoms with Gasteiger partial charge in [0.15, 0.2) is 6.61 Å². The number of nitrogens with one attached hydrogen (secondary N) is 1. The molecule has 4 nitrogen and oxygen atoms in total. The molecule has 2 aliphatic rings. The zero-order valence-electron chi connectivity index (χ0n) is 10.6. The Labute approximate surface area is 107 Å². The average molecular weight is 246 g/mol. The number of carbonyl (C=O) groups excluding carboxylic acids is 1. The number of fused-ring (bicyclic) bond motifs is 1. The van der Waals surface area contributed by atoms with Crippen molar-refractivity contribution in [3.05, 3.63) is 23.8 Å². The lowest BCUT2D eigenvalue weighted by Gasteiger charge is -2.28. The molecule has 1 fully saturated rings. The minimum atomic E-state index is 0.00559. The highest BCUT2D eigenvalue weighted by atomic mass is 16.5. The predicted molar refractivity (Wildman–Crippen MR) is 69.9 cm³/mol. The van der Waals surface area contributed by atoms with Gasteiger partial charge >= 0.3 is 0 Å². The van der Waals surface area contributed by atoms with E-state index in [-0.39, 0.29) is 12.5 Å². The van der Waals surface area contributed by atoms with Crippen molar-refractivity contribution in [2.45, 2.75) is 25.3 Å². The Kier molecular flexibility index (Phi) is 2.96. The molecule has 0 radical (unpaired) electrons. The van der Waals surface area contributed by atoms with Crippen molar-refractivity contribution in [1.82, 2.24) is 5.32 Å². The van der Waals surface area contributed by atoms with E-state index in [0.717, 1.165) is 18.0 Å². The van der Waals surface area contributed by atoms with Crippen LogP contribution in [0.5, 0.6) is 5.75 Å². The number of hydrogen-bond acceptors (Lipinski definition) is 3. The number of ether oxygens (including phenoxy) is 1. The van der Waals surface area contributed by atoms with Crippen LogP contribution in [-0.4, -0.2) is 26.1 Å². The van der Waals surface area contributed by atoms with Crippen molar-refractivity contribution in [2.75, 3.05) is 25.1 Å². The number of piperidine rings is 1. The Hall–Kier alpha value is -1.55. The molecule has 2 aliphatic heterocycles. The topological polar surface area (TPSA) is 41.6 Å². The fourth-order valence-electron chi connectivity index (χ4n) is 2.65. The van der Waals surface area contributed by atoms with E-state index in [1.807, 2.05) is 6.07 Å². The lowest BCUT2D eigenvalue weighted by molar-refractivity contribution is -0.120. The van der Waals surface area contributed by atoms with Gasteiger partial charge in [0.05, 0.1) is 5.69 Å². The van der Waals surface area contributed by atoms with Gasteiger partial charge < -0.3 is 15.0 Å². The Morgan fingerprint density at radius 1 is 1.39 bits per heavy atom. The largest absolute Gasteiger partial charge is 0.482 e. The van der Waals surface area contributed by atoms with Gasteiger partial charge in [-0.2, -0.15) is 0 Å². The molecule has 3 rings (SSSR count). The summed E-state index contributed by atoms with van der Waals surface area (Å²) in [4.78, 5) is 13.2. The maximum atomic E-state index is 11.5. The number of carbonyl (C=O) groups is 1. The zero-order chi connectivity index (χ0) is 12.5. The lowest BCUT2D eigenvalue weighted by atomic mass is 9.97. The van der Waals surface area contributed by atoms with E-state index in [1.54, 1.807) is 11.9 Å². The summed E-state index contributed by atoms with van der Waals surface area (Å²) in [7, 11) is 1.79. The Morgan fingerprint density at radius 2 is 2.28 bits per heavy atom. The maximum Gasteiger partial charge on any atom is 0.264 e. The second-order valence-electron chi connectivity index (χ2n) is 4.97. The maximum absolute atomic E-state index is 11.5. The number of likely N-dealkylation sites (N-methyl/N-ethyl adjacent to an activating group) is 1. The van der Waals surface area contributed by atoms with E-state index in [1.165, 1.54) is 24.8 Å². The molecule has 4 heteroatoms. The third-order valence-electron chi connectivity index (χ3n) is 3.78. The first-order valence-corrected chi connectivity index (χ1v) is 6.52. The summed E-state index contributed by atoms with van der Waals surface area (Å²) in [5.41, 5.74) is 2.13. The van der Waals surface area contributed by atoms with Crippen LogP contribution in [0.1, 0.15) is 30.9 Å². The molecular formula is C14H18N2O2. The van der Waals surface area contributed by atoms with Crippen LogP contribution in [0.15, 0.2) is 18.2 Å². The molecule has 0 aliphatic carbocycles. The molecule has 1 atom stereocenters. The molecule has 1 N–H and O–H groups in total. The van der Waals surface area contributed by atoms with Crippen molar-refractivity contribution in [3.8, 4) is 5.75 Å². The van der Waals surface area contributed by atoms with Crippen LogP contribution in [0.25, 0.3) is 0 Å². The predicted octanol–water partition coefficient (Wildman–Crippen LogP) is 1.86. The highest BCUT2D eigenvalue weighted by Gasteiger charge is 2.24. The second kappa shape index (κ2) is 4.61. The van der Waals surface area contributed by atoms with Crippen molar-refractivity contribution in [2.24, 2.45) is 0 Å². The van der Waals surface area contributed by atoms with E-state index >= 15 is 0 Å². The van der Waals surface area contributed by atoms with Crippen molar-refractivity contribution >= 4 is 11.6 Å². The van der Waals surface area contributed by atoms with E-state index < -0.39 is 0 Å². The average Bonchev–Trinajstić information content (AvgIpc) is 2.44. The number of nitrogens with zero attached hydrogens (tertiary/aromatic N) is 1. The van der Waals surface area contributed by atoms with Gasteiger partial charge in [-0.05, 0) is 37.1 Å². The van der Waals surface area contributed by atoms with E-state index in [9.17, 15) is 4.79 Å². The van der Waals surface area contributed by atoms with Gasteiger partial charge in [0.2, 0.25) is 0 Å². The number of amides is 1. The normalized spacial score (nSPS) is 23.5. The van der Waals surface area contributed by atoms with Crippen molar-refractivity contribution in [3.63, 3.8) is 0 Å². The van der Waals surface area contributed by atoms with Crippen LogP contribution in [-0.2, 0) is 4.79 Å². The molecule has 1 saturated heterocycles. The summed E-state index contributed by atoms with van der Waals surface area (Å²) < 4.78 is 5.52. The smallest absolute Gasteiger partial charge is 0.264 e.